The summed E-state index contributed by atoms with van der Waals surface area (Å²) in [7, 11) is 0. The molecule has 8 heteroatoms. The third kappa shape index (κ3) is 3.00. The Morgan fingerprint density at radius 2 is 1.47 bits per heavy atom. The molecule has 2 N–H and O–H groups in total. The lowest BCUT2D eigenvalue weighted by atomic mass is 9.86. The number of carbonyl (C=O) groups excluding carboxylic acids is 2. The normalized spacial score (nSPS) is 21.1. The summed E-state index contributed by atoms with van der Waals surface area (Å²) in [5.41, 5.74) is -4.33. The average molecular weight is 414 g/mol. The van der Waals surface area contributed by atoms with Crippen LogP contribution in [-0.2, 0) is 0 Å². The summed E-state index contributed by atoms with van der Waals surface area (Å²) in [5.74, 6) is -1.69. The Hall–Kier alpha value is -3.39. The van der Waals surface area contributed by atoms with Gasteiger partial charge in [0.15, 0.2) is 11.6 Å². The third-order valence-electron chi connectivity index (χ3n) is 5.16. The molecule has 2 aromatic carbocycles. The maximum atomic E-state index is 14.1. The minimum absolute atomic E-state index is 0.0199. The quantitative estimate of drug-likeness (QED) is 0.753. The van der Waals surface area contributed by atoms with Crippen molar-refractivity contribution in [1.82, 2.24) is 10.2 Å². The van der Waals surface area contributed by atoms with Crippen molar-refractivity contribution >= 4 is 11.6 Å². The molecule has 4 rings (SSSR count). The maximum Gasteiger partial charge on any atom is 0.441 e. The lowest BCUT2D eigenvalue weighted by molar-refractivity contribution is -0.288. The van der Waals surface area contributed by atoms with Crippen LogP contribution in [0, 0.1) is 0 Å². The highest BCUT2D eigenvalue weighted by molar-refractivity contribution is 6.15. The van der Waals surface area contributed by atoms with Crippen LogP contribution in [-0.4, -0.2) is 46.6 Å². The molecule has 1 fully saturated rings. The molecule has 0 bridgehead atoms. The van der Waals surface area contributed by atoms with Gasteiger partial charge in [0, 0.05) is 24.2 Å². The molecule has 1 unspecified atom stereocenters. The molecule has 0 radical (unpaired) electrons. The van der Waals surface area contributed by atoms with Gasteiger partial charge in [-0.15, -0.1) is 0 Å². The molecule has 1 atom stereocenters. The molecule has 2 heterocycles. The SMILES string of the molecule is O=C(C1=CC(C(=O)c2ccccc2)=C2NCCN2C1(O)C(F)(F)F)c1ccccc1. The van der Waals surface area contributed by atoms with Gasteiger partial charge in [-0.1, -0.05) is 60.7 Å². The van der Waals surface area contributed by atoms with Crippen LogP contribution in [0.3, 0.4) is 0 Å². The monoisotopic (exact) mass is 414 g/mol. The highest BCUT2D eigenvalue weighted by Crippen LogP contribution is 2.46. The zero-order chi connectivity index (χ0) is 21.5. The molecule has 0 spiro atoms. The van der Waals surface area contributed by atoms with E-state index in [4.69, 9.17) is 0 Å². The number of alkyl halides is 3. The maximum absolute atomic E-state index is 14.1. The van der Waals surface area contributed by atoms with Crippen molar-refractivity contribution in [2.75, 3.05) is 13.1 Å². The zero-order valence-electron chi connectivity index (χ0n) is 15.6. The second kappa shape index (κ2) is 7.14. The van der Waals surface area contributed by atoms with Gasteiger partial charge in [0.05, 0.1) is 11.1 Å². The molecule has 2 aliphatic rings. The van der Waals surface area contributed by atoms with Crippen LogP contribution in [0.4, 0.5) is 13.2 Å². The molecular formula is C22H17F3N2O3. The Kier molecular flexibility index (Phi) is 4.74. The largest absolute Gasteiger partial charge is 0.441 e. The first-order valence-electron chi connectivity index (χ1n) is 9.21. The van der Waals surface area contributed by atoms with E-state index in [0.29, 0.717) is 4.90 Å². The minimum Gasteiger partial charge on any atom is -0.369 e. The number of fused-ring (bicyclic) bond motifs is 1. The Morgan fingerprint density at radius 1 is 0.933 bits per heavy atom. The van der Waals surface area contributed by atoms with Gasteiger partial charge >= 0.3 is 6.18 Å². The number of carbonyl (C=O) groups is 2. The summed E-state index contributed by atoms with van der Waals surface area (Å²) in [6.45, 7) is -0.143. The van der Waals surface area contributed by atoms with Crippen molar-refractivity contribution in [2.45, 2.75) is 11.9 Å². The number of nitrogens with one attached hydrogen (secondary N) is 1. The number of aliphatic hydroxyl groups is 1. The Balaban J connectivity index is 1.92. The summed E-state index contributed by atoms with van der Waals surface area (Å²) in [6.07, 6.45) is -4.32. The fourth-order valence-corrected chi connectivity index (χ4v) is 3.71. The number of ketones is 2. The van der Waals surface area contributed by atoms with E-state index in [1.54, 1.807) is 24.3 Å². The average Bonchev–Trinajstić information content (AvgIpc) is 3.24. The molecule has 0 aliphatic carbocycles. The Morgan fingerprint density at radius 3 is 2.00 bits per heavy atom. The van der Waals surface area contributed by atoms with Gasteiger partial charge in [-0.05, 0) is 6.08 Å². The fourth-order valence-electron chi connectivity index (χ4n) is 3.71. The summed E-state index contributed by atoms with van der Waals surface area (Å²) in [4.78, 5) is 26.8. The smallest absolute Gasteiger partial charge is 0.369 e. The first-order chi connectivity index (χ1) is 14.2. The number of nitrogens with zero attached hydrogens (tertiary/aromatic N) is 1. The van der Waals surface area contributed by atoms with Crippen LogP contribution < -0.4 is 5.32 Å². The molecule has 2 aliphatic heterocycles. The number of hydrogen-bond acceptors (Lipinski definition) is 5. The van der Waals surface area contributed by atoms with Crippen molar-refractivity contribution in [3.05, 3.63) is 94.8 Å². The minimum atomic E-state index is -5.18. The van der Waals surface area contributed by atoms with Crippen LogP contribution >= 0.6 is 0 Å². The van der Waals surface area contributed by atoms with Gasteiger partial charge < -0.3 is 15.3 Å². The Bertz CT molecular complexity index is 1060. The van der Waals surface area contributed by atoms with Crippen LogP contribution in [0.2, 0.25) is 0 Å². The molecule has 0 aromatic heterocycles. The van der Waals surface area contributed by atoms with Gasteiger partial charge in [-0.25, -0.2) is 0 Å². The highest BCUT2D eigenvalue weighted by atomic mass is 19.4. The number of Topliss-reactive ketones (excluding diaryl/α,β-unsaturated/α-hetero) is 2. The van der Waals surface area contributed by atoms with Crippen LogP contribution in [0.25, 0.3) is 0 Å². The van der Waals surface area contributed by atoms with Gasteiger partial charge in [-0.2, -0.15) is 13.2 Å². The van der Waals surface area contributed by atoms with E-state index in [2.05, 4.69) is 5.32 Å². The number of halogens is 3. The predicted octanol–water partition coefficient (Wildman–Crippen LogP) is 3.06. The van der Waals surface area contributed by atoms with Gasteiger partial charge in [0.25, 0.3) is 5.72 Å². The van der Waals surface area contributed by atoms with Gasteiger partial charge in [0.2, 0.25) is 0 Å². The van der Waals surface area contributed by atoms with E-state index in [1.165, 1.54) is 36.4 Å². The molecule has 30 heavy (non-hydrogen) atoms. The first kappa shape index (κ1) is 19.9. The molecule has 1 saturated heterocycles. The van der Waals surface area contributed by atoms with Gasteiger partial charge in [0.1, 0.15) is 5.82 Å². The number of hydrogen-bond donors (Lipinski definition) is 2. The van der Waals surface area contributed by atoms with E-state index >= 15 is 0 Å². The second-order valence-electron chi connectivity index (χ2n) is 6.96. The number of allylic oxidation sites excluding steroid dienone is 2. The molecule has 154 valence electrons. The Labute approximate surface area is 170 Å². The first-order valence-corrected chi connectivity index (χ1v) is 9.21. The van der Waals surface area contributed by atoms with E-state index in [-0.39, 0.29) is 35.6 Å². The van der Waals surface area contributed by atoms with Crippen molar-refractivity contribution in [1.29, 1.82) is 0 Å². The van der Waals surface area contributed by atoms with Crippen molar-refractivity contribution < 1.29 is 27.9 Å². The fraction of sp³-hybridized carbons (Fsp3) is 0.182. The van der Waals surface area contributed by atoms with E-state index in [9.17, 15) is 27.9 Å². The molecule has 0 amide bonds. The molecule has 5 nitrogen and oxygen atoms in total. The summed E-state index contributed by atoms with van der Waals surface area (Å²) < 4.78 is 42.4. The van der Waals surface area contributed by atoms with E-state index < -0.39 is 29.0 Å². The van der Waals surface area contributed by atoms with Crippen LogP contribution in [0.1, 0.15) is 20.7 Å². The lowest BCUT2D eigenvalue weighted by Crippen LogP contribution is -2.62. The molecule has 2 aromatic rings. The van der Waals surface area contributed by atoms with Crippen LogP contribution in [0.5, 0.6) is 0 Å². The predicted molar refractivity (Wildman–Crippen MR) is 102 cm³/mol. The second-order valence-corrected chi connectivity index (χ2v) is 6.96. The van der Waals surface area contributed by atoms with E-state index in [0.717, 1.165) is 6.08 Å². The summed E-state index contributed by atoms with van der Waals surface area (Å²) >= 11 is 0. The summed E-state index contributed by atoms with van der Waals surface area (Å²) in [5, 5.41) is 13.6. The number of benzene rings is 2. The molecule has 0 saturated carbocycles. The standard InChI is InChI=1S/C22H17F3N2O3/c23-22(24,25)21(30)17(19(29)15-9-5-2-6-10-15)13-16(20-26-11-12-27(20)21)18(28)14-7-3-1-4-8-14/h1-10,13,26,30H,11-12H2. The van der Waals surface area contributed by atoms with Crippen molar-refractivity contribution in [3.63, 3.8) is 0 Å². The van der Waals surface area contributed by atoms with Crippen LogP contribution in [0.15, 0.2) is 83.7 Å². The van der Waals surface area contributed by atoms with Crippen molar-refractivity contribution in [3.8, 4) is 0 Å². The number of rotatable bonds is 4. The summed E-state index contributed by atoms with van der Waals surface area (Å²) in [6, 6.07) is 15.4. The van der Waals surface area contributed by atoms with Gasteiger partial charge in [-0.3, -0.25) is 9.59 Å². The lowest BCUT2D eigenvalue weighted by Gasteiger charge is -2.43. The van der Waals surface area contributed by atoms with Crippen molar-refractivity contribution in [2.24, 2.45) is 0 Å². The van der Waals surface area contributed by atoms with E-state index in [1.807, 2.05) is 0 Å². The molecular weight excluding hydrogens is 397 g/mol. The topological polar surface area (TPSA) is 69.6 Å². The highest BCUT2D eigenvalue weighted by Gasteiger charge is 2.65. The third-order valence-corrected chi connectivity index (χ3v) is 5.16. The zero-order valence-corrected chi connectivity index (χ0v) is 15.6.